The lowest BCUT2D eigenvalue weighted by Crippen LogP contribution is -2.47. The Morgan fingerprint density at radius 3 is 2.35 bits per heavy atom. The van der Waals surface area contributed by atoms with Gasteiger partial charge in [0.2, 0.25) is 0 Å². The van der Waals surface area contributed by atoms with Crippen molar-refractivity contribution in [1.82, 2.24) is 4.90 Å². The number of aliphatic hydroxyl groups is 5. The molecule has 0 spiro atoms. The molecule has 0 aromatic carbocycles. The molecule has 1 aliphatic heterocycles. The Morgan fingerprint density at radius 2 is 1.90 bits per heavy atom. The molecule has 0 saturated carbocycles. The highest BCUT2D eigenvalue weighted by atomic mass is 32.3. The first-order valence-electron chi connectivity index (χ1n) is 5.85. The summed E-state index contributed by atoms with van der Waals surface area (Å²) in [5, 5.41) is 46.9. The topological polar surface area (TPSA) is 168 Å². The van der Waals surface area contributed by atoms with E-state index in [1.807, 2.05) is 0 Å². The summed E-state index contributed by atoms with van der Waals surface area (Å²) in [4.78, 5) is 1.33. The third-order valence-corrected chi connectivity index (χ3v) is 3.63. The number of hydrogen-bond acceptors (Lipinski definition) is 9. The molecule has 0 bridgehead atoms. The summed E-state index contributed by atoms with van der Waals surface area (Å²) < 4.78 is 33.7. The Morgan fingerprint density at radius 1 is 1.30 bits per heavy atom. The van der Waals surface area contributed by atoms with Gasteiger partial charge in [0.15, 0.2) is 0 Å². The first kappa shape index (κ1) is 17.7. The van der Waals surface area contributed by atoms with Crippen molar-refractivity contribution >= 4 is 10.4 Å². The molecule has 1 aliphatic rings. The molecule has 0 radical (unpaired) electrons. The average molecular weight is 317 g/mol. The molecular formula is C9H19NO9S. The van der Waals surface area contributed by atoms with Crippen LogP contribution < -0.4 is 0 Å². The third-order valence-electron chi connectivity index (χ3n) is 3.14. The number of nitrogens with zero attached hydrogens (tertiary/aromatic N) is 1. The normalized spacial score (nSPS) is 31.4. The first-order chi connectivity index (χ1) is 9.19. The molecule has 6 N–H and O–H groups in total. The van der Waals surface area contributed by atoms with Gasteiger partial charge in [0.25, 0.3) is 0 Å². The molecule has 1 fully saturated rings. The molecule has 1 rings (SSSR count). The van der Waals surface area contributed by atoms with E-state index in [0.717, 1.165) is 0 Å². The zero-order valence-corrected chi connectivity index (χ0v) is 11.3. The molecule has 11 heteroatoms. The van der Waals surface area contributed by atoms with Crippen molar-refractivity contribution in [2.75, 3.05) is 26.3 Å². The maximum absolute atomic E-state index is 10.5. The monoisotopic (exact) mass is 317 g/mol. The Hall–Kier alpha value is -0.370. The molecule has 20 heavy (non-hydrogen) atoms. The van der Waals surface area contributed by atoms with Crippen LogP contribution in [0.5, 0.6) is 0 Å². The van der Waals surface area contributed by atoms with E-state index in [4.69, 9.17) is 14.8 Å². The summed E-state index contributed by atoms with van der Waals surface area (Å²) in [6.45, 7) is -1.68. The van der Waals surface area contributed by atoms with E-state index in [0.29, 0.717) is 0 Å². The maximum atomic E-state index is 10.5. The van der Waals surface area contributed by atoms with Crippen LogP contribution in [0.25, 0.3) is 0 Å². The largest absolute Gasteiger partial charge is 0.397 e. The third kappa shape index (κ3) is 4.58. The fourth-order valence-corrected chi connectivity index (χ4v) is 2.62. The predicted octanol–water partition coefficient (Wildman–Crippen LogP) is -4.07. The van der Waals surface area contributed by atoms with Crippen LogP contribution in [-0.4, -0.2) is 100 Å². The van der Waals surface area contributed by atoms with Crippen molar-refractivity contribution in [3.8, 4) is 0 Å². The van der Waals surface area contributed by atoms with Gasteiger partial charge in [-0.2, -0.15) is 8.42 Å². The number of β-amino-alcohol motifs (C(OH)–C–C–N with tert-alkyl or cyclic N) is 2. The van der Waals surface area contributed by atoms with Gasteiger partial charge < -0.3 is 25.5 Å². The molecule has 0 aliphatic carbocycles. The molecule has 5 atom stereocenters. The van der Waals surface area contributed by atoms with Gasteiger partial charge >= 0.3 is 10.4 Å². The quantitative estimate of drug-likeness (QED) is 0.254. The van der Waals surface area contributed by atoms with Crippen molar-refractivity contribution in [3.63, 3.8) is 0 Å². The molecule has 120 valence electrons. The average Bonchev–Trinajstić information content (AvgIpc) is 2.60. The van der Waals surface area contributed by atoms with Crippen LogP contribution in [0.3, 0.4) is 0 Å². The molecule has 0 aromatic rings. The zero-order valence-electron chi connectivity index (χ0n) is 10.5. The van der Waals surface area contributed by atoms with Gasteiger partial charge in [0.05, 0.1) is 37.6 Å². The number of rotatable bonds is 7. The molecule has 0 amide bonds. The van der Waals surface area contributed by atoms with Crippen molar-refractivity contribution in [1.29, 1.82) is 0 Å². The molecule has 1 saturated heterocycles. The van der Waals surface area contributed by atoms with Gasteiger partial charge in [-0.05, 0) is 0 Å². The highest BCUT2D eigenvalue weighted by molar-refractivity contribution is 7.80. The Bertz CT molecular complexity index is 402. The van der Waals surface area contributed by atoms with Crippen LogP contribution in [0.4, 0.5) is 0 Å². The predicted molar refractivity (Wildman–Crippen MR) is 64.0 cm³/mol. The molecule has 1 heterocycles. The van der Waals surface area contributed by atoms with Crippen LogP contribution in [0.1, 0.15) is 0 Å². The number of likely N-dealkylation sites (tertiary alicyclic amines) is 1. The van der Waals surface area contributed by atoms with Crippen molar-refractivity contribution < 1.29 is 42.7 Å². The first-order valence-corrected chi connectivity index (χ1v) is 7.21. The smallest absolute Gasteiger partial charge is 0.395 e. The molecule has 10 nitrogen and oxygen atoms in total. The summed E-state index contributed by atoms with van der Waals surface area (Å²) in [7, 11) is -4.84. The Kier molecular flexibility index (Phi) is 6.25. The van der Waals surface area contributed by atoms with E-state index < -0.39 is 54.1 Å². The summed E-state index contributed by atoms with van der Waals surface area (Å²) in [6, 6.07) is -0.829. The number of aliphatic hydroxyl groups excluding tert-OH is 5. The van der Waals surface area contributed by atoms with E-state index in [1.54, 1.807) is 0 Å². The van der Waals surface area contributed by atoms with E-state index in [2.05, 4.69) is 4.18 Å². The van der Waals surface area contributed by atoms with Gasteiger partial charge in [0.1, 0.15) is 6.10 Å². The fourth-order valence-electron chi connectivity index (χ4n) is 2.12. The van der Waals surface area contributed by atoms with Gasteiger partial charge in [-0.25, -0.2) is 4.18 Å². The highest BCUT2D eigenvalue weighted by Crippen LogP contribution is 2.19. The summed E-state index contributed by atoms with van der Waals surface area (Å²) >= 11 is 0. The minimum absolute atomic E-state index is 0.0481. The Balaban J connectivity index is 2.66. The van der Waals surface area contributed by atoms with Crippen molar-refractivity contribution in [2.45, 2.75) is 30.5 Å². The summed E-state index contributed by atoms with van der Waals surface area (Å²) in [6.07, 6.45) is -5.44. The van der Waals surface area contributed by atoms with Crippen molar-refractivity contribution in [2.24, 2.45) is 0 Å². The number of hydrogen-bond donors (Lipinski definition) is 6. The lowest BCUT2D eigenvalue weighted by Gasteiger charge is -2.28. The van der Waals surface area contributed by atoms with Crippen LogP contribution in [0, 0.1) is 0 Å². The van der Waals surface area contributed by atoms with E-state index >= 15 is 0 Å². The van der Waals surface area contributed by atoms with Crippen LogP contribution in [0.15, 0.2) is 0 Å². The zero-order chi connectivity index (χ0) is 15.5. The standard InChI is InChI=1S/C9H19NO9S/c11-3-5-9(15)7(14)2-10(5)1-6(13)8(4-12)19-20(16,17)18/h5-9,11-15H,1-4H2,(H,16,17,18)/t5-,6-,7-,8+,9-/m0/s1. The van der Waals surface area contributed by atoms with E-state index in [-0.39, 0.29) is 13.1 Å². The van der Waals surface area contributed by atoms with E-state index in [1.165, 1.54) is 4.90 Å². The summed E-state index contributed by atoms with van der Waals surface area (Å²) in [5.74, 6) is 0. The van der Waals surface area contributed by atoms with Crippen LogP contribution in [0.2, 0.25) is 0 Å². The second-order valence-corrected chi connectivity index (χ2v) is 5.62. The van der Waals surface area contributed by atoms with Crippen LogP contribution in [-0.2, 0) is 14.6 Å². The highest BCUT2D eigenvalue weighted by Gasteiger charge is 2.41. The minimum atomic E-state index is -4.84. The lowest BCUT2D eigenvalue weighted by molar-refractivity contribution is -0.0283. The summed E-state index contributed by atoms with van der Waals surface area (Å²) in [5.41, 5.74) is 0. The molecule has 0 aromatic heterocycles. The lowest BCUT2D eigenvalue weighted by atomic mass is 10.1. The van der Waals surface area contributed by atoms with Crippen molar-refractivity contribution in [3.05, 3.63) is 0 Å². The Labute approximate surface area is 115 Å². The minimum Gasteiger partial charge on any atom is -0.395 e. The van der Waals surface area contributed by atoms with Gasteiger partial charge in [0, 0.05) is 13.1 Å². The second-order valence-electron chi connectivity index (χ2n) is 4.57. The molecular weight excluding hydrogens is 298 g/mol. The van der Waals surface area contributed by atoms with Crippen LogP contribution >= 0.6 is 0 Å². The second kappa shape index (κ2) is 7.06. The maximum Gasteiger partial charge on any atom is 0.397 e. The molecule has 0 unspecified atom stereocenters. The fraction of sp³-hybridized carbons (Fsp3) is 1.00. The van der Waals surface area contributed by atoms with Gasteiger partial charge in [-0.15, -0.1) is 0 Å². The SMILES string of the molecule is O=S(=O)(O)O[C@H](CO)[C@@H](O)CN1C[C@H](O)[C@@H](O)[C@@H]1CO. The van der Waals surface area contributed by atoms with Gasteiger partial charge in [-0.3, -0.25) is 9.45 Å². The van der Waals surface area contributed by atoms with E-state index in [9.17, 15) is 23.7 Å². The van der Waals surface area contributed by atoms with Gasteiger partial charge in [-0.1, -0.05) is 0 Å².